The second-order valence-corrected chi connectivity index (χ2v) is 26.2. The lowest BCUT2D eigenvalue weighted by Crippen LogP contribution is -2.09. The van der Waals surface area contributed by atoms with Crippen molar-refractivity contribution in [2.24, 2.45) is 0 Å². The van der Waals surface area contributed by atoms with Crippen molar-refractivity contribution in [2.75, 3.05) is 0 Å². The molecule has 0 unspecified atom stereocenters. The van der Waals surface area contributed by atoms with Crippen molar-refractivity contribution in [2.45, 2.75) is 67.7 Å². The molecule has 0 aliphatic rings. The van der Waals surface area contributed by atoms with Crippen LogP contribution in [0.1, 0.15) is 77.9 Å². The van der Waals surface area contributed by atoms with Gasteiger partial charge in [0.1, 0.15) is 23.3 Å². The third-order valence-electron chi connectivity index (χ3n) is 19.2. The first-order valence-corrected chi connectivity index (χ1v) is 32.4. The van der Waals surface area contributed by atoms with Crippen molar-refractivity contribution in [3.05, 3.63) is 284 Å². The molecule has 16 aromatic rings. The second-order valence-electron chi connectivity index (χ2n) is 26.2. The van der Waals surface area contributed by atoms with Crippen LogP contribution >= 0.6 is 0 Å². The Morgan fingerprint density at radius 1 is 0.270 bits per heavy atom. The van der Waals surface area contributed by atoms with Crippen molar-refractivity contribution in [1.29, 1.82) is 21.0 Å². The molecule has 4 aromatic heterocycles. The number of halogens is 6. The molecule has 100 heavy (non-hydrogen) atoms. The van der Waals surface area contributed by atoms with Gasteiger partial charge in [0.05, 0.1) is 101 Å². The minimum atomic E-state index is -4.74. The van der Waals surface area contributed by atoms with Crippen LogP contribution in [0, 0.1) is 101 Å². The lowest BCUT2D eigenvalue weighted by atomic mass is 9.94. The van der Waals surface area contributed by atoms with Crippen LogP contribution < -0.4 is 0 Å². The molecule has 0 aliphatic heterocycles. The van der Waals surface area contributed by atoms with Gasteiger partial charge in [-0.3, -0.25) is 0 Å². The lowest BCUT2D eigenvalue weighted by molar-refractivity contribution is -0.138. The van der Waals surface area contributed by atoms with Crippen molar-refractivity contribution >= 4 is 87.2 Å². The van der Waals surface area contributed by atoms with Crippen molar-refractivity contribution in [1.82, 2.24) is 18.3 Å². The van der Waals surface area contributed by atoms with Crippen LogP contribution in [0.5, 0.6) is 0 Å². The average Bonchev–Trinajstić information content (AvgIpc) is 1.35. The minimum Gasteiger partial charge on any atom is -0.308 e. The predicted octanol–water partition coefficient (Wildman–Crippen LogP) is 23.1. The van der Waals surface area contributed by atoms with Gasteiger partial charge < -0.3 is 18.3 Å². The van der Waals surface area contributed by atoms with Gasteiger partial charge in [-0.1, -0.05) is 109 Å². The smallest absolute Gasteiger partial charge is 0.308 e. The molecule has 0 bridgehead atoms. The highest BCUT2D eigenvalue weighted by atomic mass is 19.4. The number of alkyl halides is 6. The molecule has 0 spiro atoms. The largest absolute Gasteiger partial charge is 0.417 e. The van der Waals surface area contributed by atoms with Crippen LogP contribution in [0.4, 0.5) is 26.3 Å². The number of nitriles is 4. The van der Waals surface area contributed by atoms with E-state index in [9.17, 15) is 47.4 Å². The number of rotatable bonds is 6. The van der Waals surface area contributed by atoms with Gasteiger partial charge in [0.15, 0.2) is 0 Å². The van der Waals surface area contributed by atoms with Gasteiger partial charge in [0.2, 0.25) is 0 Å². The number of aryl methyl sites for hydroxylation is 8. The summed E-state index contributed by atoms with van der Waals surface area (Å²) >= 11 is 0. The zero-order valence-corrected chi connectivity index (χ0v) is 55.5. The van der Waals surface area contributed by atoms with Crippen LogP contribution in [0.25, 0.3) is 132 Å². The fraction of sp³-hybridized carbons (Fsp3) is 0.116. The van der Waals surface area contributed by atoms with Gasteiger partial charge in [0.25, 0.3) is 0 Å². The fourth-order valence-electron chi connectivity index (χ4n) is 14.6. The highest BCUT2D eigenvalue weighted by Gasteiger charge is 2.36. The van der Waals surface area contributed by atoms with E-state index in [1.54, 1.807) is 12.1 Å². The zero-order chi connectivity index (χ0) is 70.1. The van der Waals surface area contributed by atoms with Gasteiger partial charge in [-0.05, 0) is 219 Å². The van der Waals surface area contributed by atoms with Gasteiger partial charge in [-0.25, -0.2) is 0 Å². The van der Waals surface area contributed by atoms with E-state index in [1.165, 1.54) is 18.2 Å². The first-order chi connectivity index (χ1) is 47.9. The quantitative estimate of drug-likeness (QED) is 0.154. The van der Waals surface area contributed by atoms with E-state index in [0.717, 1.165) is 150 Å². The topological polar surface area (TPSA) is 115 Å². The molecule has 0 saturated carbocycles. The Balaban J connectivity index is 0.000000162. The molecule has 12 aromatic carbocycles. The number of fused-ring (bicyclic) bond motifs is 12. The van der Waals surface area contributed by atoms with Crippen LogP contribution in [-0.2, 0) is 12.4 Å². The number of benzene rings is 12. The van der Waals surface area contributed by atoms with Gasteiger partial charge in [-0.2, -0.15) is 47.4 Å². The van der Waals surface area contributed by atoms with E-state index < -0.39 is 23.5 Å². The van der Waals surface area contributed by atoms with E-state index in [1.807, 2.05) is 137 Å². The lowest BCUT2D eigenvalue weighted by Gasteiger charge is -2.20. The minimum absolute atomic E-state index is 0.0789. The molecule has 0 saturated heterocycles. The monoisotopic (exact) mass is 1320 g/mol. The molecular weight excluding hydrogens is 1260 g/mol. The predicted molar refractivity (Wildman–Crippen MR) is 388 cm³/mol. The molecule has 16 rings (SSSR count). The Kier molecular flexibility index (Phi) is 15.0. The molecule has 8 nitrogen and oxygen atoms in total. The summed E-state index contributed by atoms with van der Waals surface area (Å²) < 4.78 is 94.0. The summed E-state index contributed by atoms with van der Waals surface area (Å²) in [6, 6.07) is 72.3. The number of nitrogens with zero attached hydrogens (tertiary/aromatic N) is 8. The van der Waals surface area contributed by atoms with Gasteiger partial charge in [0, 0.05) is 43.1 Å². The summed E-state index contributed by atoms with van der Waals surface area (Å²) in [5, 5.41) is 49.9. The summed E-state index contributed by atoms with van der Waals surface area (Å²) in [5.41, 5.74) is 16.9. The first kappa shape index (κ1) is 63.4. The Hall–Kier alpha value is -12.6. The summed E-state index contributed by atoms with van der Waals surface area (Å²) in [7, 11) is 0. The third kappa shape index (κ3) is 10.4. The highest BCUT2D eigenvalue weighted by molar-refractivity contribution is 6.14. The first-order valence-electron chi connectivity index (χ1n) is 32.4. The van der Waals surface area contributed by atoms with Gasteiger partial charge in [-0.15, -0.1) is 0 Å². The molecule has 4 heterocycles. The second kappa shape index (κ2) is 23.6. The molecule has 0 N–H and O–H groups in total. The maximum absolute atomic E-state index is 14.8. The van der Waals surface area contributed by atoms with E-state index in [2.05, 4.69) is 118 Å². The van der Waals surface area contributed by atoms with E-state index in [0.29, 0.717) is 45.0 Å². The van der Waals surface area contributed by atoms with Crippen molar-refractivity contribution in [3.8, 4) is 69.3 Å². The Morgan fingerprint density at radius 3 is 0.780 bits per heavy atom. The molecule has 14 heteroatoms. The van der Waals surface area contributed by atoms with Crippen molar-refractivity contribution < 1.29 is 26.3 Å². The van der Waals surface area contributed by atoms with Crippen LogP contribution in [0.3, 0.4) is 0 Å². The summed E-state index contributed by atoms with van der Waals surface area (Å²) in [6.45, 7) is 16.1. The van der Waals surface area contributed by atoms with E-state index >= 15 is 0 Å². The zero-order valence-electron chi connectivity index (χ0n) is 55.5. The van der Waals surface area contributed by atoms with Crippen LogP contribution in [0.15, 0.2) is 206 Å². The highest BCUT2D eigenvalue weighted by Crippen LogP contribution is 2.47. The number of hydrogen-bond donors (Lipinski definition) is 0. The third-order valence-corrected chi connectivity index (χ3v) is 19.2. The maximum Gasteiger partial charge on any atom is 0.417 e. The van der Waals surface area contributed by atoms with E-state index in [-0.39, 0.29) is 22.3 Å². The Labute approximate surface area is 571 Å². The Bertz CT molecular complexity index is 5880. The van der Waals surface area contributed by atoms with Crippen LogP contribution in [-0.4, -0.2) is 18.3 Å². The Morgan fingerprint density at radius 2 is 0.540 bits per heavy atom. The summed E-state index contributed by atoms with van der Waals surface area (Å²) in [4.78, 5) is 0. The standard InChI is InChI=1S/2C43H29F3N4/c1-24-5-10-32-33-11-6-25(2)16-38(33)49(37(32)15-24)41-20-28(31-14-9-30(43(44,45)46)19-29(31)22-47)21-42(36(41)23-48)50-39-17-26(3)7-12-34(39)35-13-8-27(4)18-40(35)50;1-24-5-10-31-32-11-6-25(2)16-38(32)49(37(31)15-24)41-20-29(30-14-9-28(22-47)19-36(30)43(44,45)46)21-42(35(41)23-48)50-39-17-26(3)7-12-33(39)34-13-8-27(4)18-40(34)50/h2*5-21H,1-4H3. The molecule has 484 valence electrons. The van der Waals surface area contributed by atoms with Gasteiger partial charge >= 0.3 is 12.4 Å². The molecule has 0 fully saturated rings. The summed E-state index contributed by atoms with van der Waals surface area (Å²) in [5.74, 6) is 0. The number of aromatic nitrogens is 4. The number of hydrogen-bond acceptors (Lipinski definition) is 4. The SMILES string of the molecule is Cc1ccc2c3ccc(C)cc3n(-c3cc(-c4ccc(C#N)cc4C(F)(F)F)cc(-n4c5cc(C)ccc5c5ccc(C)cc54)c3C#N)c2c1.Cc1ccc2c3ccc(C)cc3n(-c3cc(-c4ccc(C(F)(F)F)cc4C#N)cc(-n4c5cc(C)ccc5c5ccc(C)cc54)c3C#N)c2c1. The van der Waals surface area contributed by atoms with Crippen LogP contribution in [0.2, 0.25) is 0 Å². The summed E-state index contributed by atoms with van der Waals surface area (Å²) in [6.07, 6.45) is -9.35. The molecule has 0 radical (unpaired) electrons. The normalized spacial score (nSPS) is 11.9. The maximum atomic E-state index is 14.8. The van der Waals surface area contributed by atoms with Crippen molar-refractivity contribution in [3.63, 3.8) is 0 Å². The van der Waals surface area contributed by atoms with E-state index in [4.69, 9.17) is 0 Å². The fourth-order valence-corrected chi connectivity index (χ4v) is 14.6. The molecule has 0 aliphatic carbocycles. The molecular formula is C86H58F6N8. The average molecular weight is 1320 g/mol. The molecule has 0 atom stereocenters. The molecule has 0 amide bonds.